The van der Waals surface area contributed by atoms with Crippen LogP contribution in [0.3, 0.4) is 0 Å². The number of pyridine rings is 1. The Morgan fingerprint density at radius 2 is 2.12 bits per heavy atom. The molecule has 0 spiro atoms. The van der Waals surface area contributed by atoms with Gasteiger partial charge in [0.25, 0.3) is 0 Å². The second-order valence-corrected chi connectivity index (χ2v) is 4.12. The predicted molar refractivity (Wildman–Crippen MR) is 68.8 cm³/mol. The van der Waals surface area contributed by atoms with E-state index in [1.807, 2.05) is 24.4 Å². The Morgan fingerprint density at radius 1 is 1.18 bits per heavy atom. The van der Waals surface area contributed by atoms with Gasteiger partial charge in [-0.15, -0.1) is 0 Å². The molecule has 2 nitrogen and oxygen atoms in total. The lowest BCUT2D eigenvalue weighted by molar-refractivity contribution is 0.411. The minimum atomic E-state index is 0.922. The van der Waals surface area contributed by atoms with Crippen molar-refractivity contribution >= 4 is 11.6 Å². The molecule has 0 N–H and O–H groups in total. The van der Waals surface area contributed by atoms with Crippen molar-refractivity contribution in [2.75, 3.05) is 7.11 Å². The summed E-state index contributed by atoms with van der Waals surface area (Å²) in [6.45, 7) is 0. The summed E-state index contributed by atoms with van der Waals surface area (Å²) in [6.07, 6.45) is 6.84. The summed E-state index contributed by atoms with van der Waals surface area (Å²) >= 11 is 0. The molecule has 1 aliphatic carbocycles. The molecule has 0 amide bonds. The van der Waals surface area contributed by atoms with E-state index in [-0.39, 0.29) is 0 Å². The first-order valence-electron chi connectivity index (χ1n) is 5.65. The molecule has 1 heterocycles. The van der Waals surface area contributed by atoms with Crippen LogP contribution in [0.1, 0.15) is 16.7 Å². The van der Waals surface area contributed by atoms with Gasteiger partial charge in [0.1, 0.15) is 5.75 Å². The quantitative estimate of drug-likeness (QED) is 0.780. The Balaban J connectivity index is 2.01. The van der Waals surface area contributed by atoms with Crippen LogP contribution in [0.25, 0.3) is 11.6 Å². The fourth-order valence-corrected chi connectivity index (χ4v) is 2.27. The van der Waals surface area contributed by atoms with Gasteiger partial charge in [-0.1, -0.05) is 24.3 Å². The number of rotatable bonds is 2. The van der Waals surface area contributed by atoms with E-state index in [1.165, 1.54) is 22.3 Å². The fourth-order valence-electron chi connectivity index (χ4n) is 2.27. The summed E-state index contributed by atoms with van der Waals surface area (Å²) < 4.78 is 5.39. The van der Waals surface area contributed by atoms with Crippen LogP contribution in [0.15, 0.2) is 42.7 Å². The first-order valence-corrected chi connectivity index (χ1v) is 5.65. The van der Waals surface area contributed by atoms with E-state index < -0.39 is 0 Å². The number of ether oxygens (including phenoxy) is 1. The highest BCUT2D eigenvalue weighted by atomic mass is 16.5. The SMILES string of the molecule is COc1cccc2c1CC(c1cccnc1)=C2. The molecule has 1 aromatic heterocycles. The maximum Gasteiger partial charge on any atom is 0.122 e. The molecule has 2 heteroatoms. The van der Waals surface area contributed by atoms with Crippen molar-refractivity contribution in [3.05, 3.63) is 59.4 Å². The lowest BCUT2D eigenvalue weighted by Gasteiger charge is -2.06. The van der Waals surface area contributed by atoms with Gasteiger partial charge < -0.3 is 4.74 Å². The van der Waals surface area contributed by atoms with E-state index in [4.69, 9.17) is 4.74 Å². The number of hydrogen-bond donors (Lipinski definition) is 0. The Bertz CT molecular complexity index is 573. The zero-order valence-electron chi connectivity index (χ0n) is 9.68. The van der Waals surface area contributed by atoms with Gasteiger partial charge in [0.05, 0.1) is 7.11 Å². The van der Waals surface area contributed by atoms with Crippen LogP contribution >= 0.6 is 0 Å². The average Bonchev–Trinajstić information content (AvgIpc) is 2.83. The predicted octanol–water partition coefficient (Wildman–Crippen LogP) is 3.19. The largest absolute Gasteiger partial charge is 0.496 e. The highest BCUT2D eigenvalue weighted by Crippen LogP contribution is 2.36. The van der Waals surface area contributed by atoms with E-state index >= 15 is 0 Å². The molecule has 0 unspecified atom stereocenters. The van der Waals surface area contributed by atoms with Gasteiger partial charge in [0, 0.05) is 24.4 Å². The zero-order chi connectivity index (χ0) is 11.7. The molecule has 0 saturated carbocycles. The molecule has 0 atom stereocenters. The minimum absolute atomic E-state index is 0.922. The Morgan fingerprint density at radius 3 is 2.88 bits per heavy atom. The van der Waals surface area contributed by atoms with Crippen LogP contribution in [-0.4, -0.2) is 12.1 Å². The highest BCUT2D eigenvalue weighted by molar-refractivity contribution is 5.89. The van der Waals surface area contributed by atoms with Crippen LogP contribution in [0.5, 0.6) is 5.75 Å². The Hall–Kier alpha value is -2.09. The molecule has 3 rings (SSSR count). The first-order chi connectivity index (χ1) is 8.38. The van der Waals surface area contributed by atoms with Crippen molar-refractivity contribution in [1.29, 1.82) is 0 Å². The number of allylic oxidation sites excluding steroid dienone is 1. The van der Waals surface area contributed by atoms with Crippen molar-refractivity contribution in [3.8, 4) is 5.75 Å². The number of fused-ring (bicyclic) bond motifs is 1. The number of aromatic nitrogens is 1. The van der Waals surface area contributed by atoms with Crippen LogP contribution in [-0.2, 0) is 6.42 Å². The van der Waals surface area contributed by atoms with E-state index in [9.17, 15) is 0 Å². The van der Waals surface area contributed by atoms with Gasteiger partial charge in [-0.2, -0.15) is 0 Å². The van der Waals surface area contributed by atoms with Gasteiger partial charge in [0.2, 0.25) is 0 Å². The maximum absolute atomic E-state index is 5.39. The molecule has 84 valence electrons. The topological polar surface area (TPSA) is 22.1 Å². The molecular weight excluding hydrogens is 210 g/mol. The molecular formula is C15H13NO. The molecule has 17 heavy (non-hydrogen) atoms. The summed E-state index contributed by atoms with van der Waals surface area (Å²) in [5, 5.41) is 0. The number of benzene rings is 1. The Labute approximate surface area is 101 Å². The van der Waals surface area contributed by atoms with Crippen molar-refractivity contribution in [2.24, 2.45) is 0 Å². The van der Waals surface area contributed by atoms with Crippen molar-refractivity contribution in [1.82, 2.24) is 4.98 Å². The summed E-state index contributed by atoms with van der Waals surface area (Å²) in [7, 11) is 1.72. The summed E-state index contributed by atoms with van der Waals surface area (Å²) in [6, 6.07) is 10.2. The minimum Gasteiger partial charge on any atom is -0.496 e. The van der Waals surface area contributed by atoms with Crippen LogP contribution in [0, 0.1) is 0 Å². The molecule has 1 aliphatic rings. The lowest BCUT2D eigenvalue weighted by Crippen LogP contribution is -1.92. The number of nitrogens with zero attached hydrogens (tertiary/aromatic N) is 1. The number of hydrogen-bond acceptors (Lipinski definition) is 2. The van der Waals surface area contributed by atoms with Gasteiger partial charge in [-0.25, -0.2) is 0 Å². The third-order valence-corrected chi connectivity index (χ3v) is 3.12. The maximum atomic E-state index is 5.39. The molecule has 0 fully saturated rings. The normalized spacial score (nSPS) is 13.1. The molecule has 0 saturated heterocycles. The van der Waals surface area contributed by atoms with Gasteiger partial charge in [0.15, 0.2) is 0 Å². The molecule has 2 aromatic rings. The van der Waals surface area contributed by atoms with E-state index in [2.05, 4.69) is 23.2 Å². The fraction of sp³-hybridized carbons (Fsp3) is 0.133. The average molecular weight is 223 g/mol. The Kier molecular flexibility index (Phi) is 2.41. The highest BCUT2D eigenvalue weighted by Gasteiger charge is 2.17. The van der Waals surface area contributed by atoms with Crippen molar-refractivity contribution in [2.45, 2.75) is 6.42 Å². The zero-order valence-corrected chi connectivity index (χ0v) is 9.68. The van der Waals surface area contributed by atoms with Gasteiger partial charge in [-0.05, 0) is 28.8 Å². The van der Waals surface area contributed by atoms with Crippen molar-refractivity contribution < 1.29 is 4.74 Å². The first kappa shape index (κ1) is 10.1. The second-order valence-electron chi connectivity index (χ2n) is 4.12. The smallest absolute Gasteiger partial charge is 0.122 e. The number of methoxy groups -OCH3 is 1. The third kappa shape index (κ3) is 1.72. The van der Waals surface area contributed by atoms with E-state index in [0.29, 0.717) is 0 Å². The third-order valence-electron chi connectivity index (χ3n) is 3.12. The standard InChI is InChI=1S/C15H13NO/c1-17-15-6-2-4-11-8-13(9-14(11)15)12-5-3-7-16-10-12/h2-8,10H,9H2,1H3. The molecule has 0 radical (unpaired) electrons. The van der Waals surface area contributed by atoms with Gasteiger partial charge >= 0.3 is 0 Å². The monoisotopic (exact) mass is 223 g/mol. The summed E-state index contributed by atoms with van der Waals surface area (Å²) in [5.74, 6) is 0.970. The van der Waals surface area contributed by atoms with E-state index in [0.717, 1.165) is 12.2 Å². The lowest BCUT2D eigenvalue weighted by atomic mass is 10.0. The second kappa shape index (κ2) is 4.06. The summed E-state index contributed by atoms with van der Waals surface area (Å²) in [4.78, 5) is 4.16. The van der Waals surface area contributed by atoms with Crippen LogP contribution < -0.4 is 4.74 Å². The molecule has 1 aromatic carbocycles. The molecule has 0 aliphatic heterocycles. The van der Waals surface area contributed by atoms with Crippen molar-refractivity contribution in [3.63, 3.8) is 0 Å². The van der Waals surface area contributed by atoms with Crippen LogP contribution in [0.2, 0.25) is 0 Å². The summed E-state index contributed by atoms with van der Waals surface area (Å²) in [5.41, 5.74) is 5.01. The molecule has 0 bridgehead atoms. The van der Waals surface area contributed by atoms with Gasteiger partial charge in [-0.3, -0.25) is 4.98 Å². The van der Waals surface area contributed by atoms with E-state index in [1.54, 1.807) is 13.3 Å². The van der Waals surface area contributed by atoms with Crippen LogP contribution in [0.4, 0.5) is 0 Å².